The van der Waals surface area contributed by atoms with Gasteiger partial charge in [-0.05, 0) is 30.2 Å². The molecule has 1 aromatic rings. The van der Waals surface area contributed by atoms with Crippen molar-refractivity contribution in [3.8, 4) is 0 Å². The van der Waals surface area contributed by atoms with Gasteiger partial charge in [0.15, 0.2) is 0 Å². The van der Waals surface area contributed by atoms with E-state index in [1.165, 1.54) is 18.2 Å². The molecule has 0 fully saturated rings. The molecule has 3 nitrogen and oxygen atoms in total. The average Bonchev–Trinajstić information content (AvgIpc) is 2.15. The molecule has 0 aliphatic carbocycles. The van der Waals surface area contributed by atoms with Crippen molar-refractivity contribution in [3.63, 3.8) is 0 Å². The highest BCUT2D eigenvalue weighted by Gasteiger charge is 2.30. The SMILES string of the molecule is CCC(O)(CC(=O)O)c1cc(Cl)cc(Cl)c1. The molecule has 0 bridgehead atoms. The van der Waals surface area contributed by atoms with E-state index in [9.17, 15) is 9.90 Å². The Morgan fingerprint density at radius 3 is 2.19 bits per heavy atom. The molecule has 0 radical (unpaired) electrons. The molecule has 0 aromatic heterocycles. The van der Waals surface area contributed by atoms with Crippen LogP contribution in [0.2, 0.25) is 10.0 Å². The molecule has 2 N–H and O–H groups in total. The minimum absolute atomic E-state index is 0.274. The van der Waals surface area contributed by atoms with Crippen LogP contribution in [0.25, 0.3) is 0 Å². The maximum absolute atomic E-state index is 10.7. The van der Waals surface area contributed by atoms with Crippen LogP contribution in [-0.4, -0.2) is 16.2 Å². The number of hydrogen-bond donors (Lipinski definition) is 2. The van der Waals surface area contributed by atoms with Gasteiger partial charge in [-0.2, -0.15) is 0 Å². The third-order valence-corrected chi connectivity index (χ3v) is 2.86. The van der Waals surface area contributed by atoms with Crippen molar-refractivity contribution >= 4 is 29.2 Å². The summed E-state index contributed by atoms with van der Waals surface area (Å²) < 4.78 is 0. The van der Waals surface area contributed by atoms with Gasteiger partial charge in [-0.15, -0.1) is 0 Å². The number of carboxylic acids is 1. The second kappa shape index (κ2) is 5.04. The molecule has 1 rings (SSSR count). The normalized spacial score (nSPS) is 14.5. The molecule has 1 aromatic carbocycles. The summed E-state index contributed by atoms with van der Waals surface area (Å²) in [7, 11) is 0. The van der Waals surface area contributed by atoms with Crippen LogP contribution >= 0.6 is 23.2 Å². The van der Waals surface area contributed by atoms with Crippen LogP contribution < -0.4 is 0 Å². The Morgan fingerprint density at radius 1 is 1.31 bits per heavy atom. The van der Waals surface area contributed by atoms with Crippen LogP contribution in [0.3, 0.4) is 0 Å². The standard InChI is InChI=1S/C11H12Cl2O3/c1-2-11(16,6-10(14)15)7-3-8(12)5-9(13)4-7/h3-5,16H,2,6H2,1H3,(H,14,15). The fourth-order valence-electron chi connectivity index (χ4n) is 1.50. The quantitative estimate of drug-likeness (QED) is 0.877. The molecular formula is C11H12Cl2O3. The molecule has 16 heavy (non-hydrogen) atoms. The molecule has 0 aliphatic rings. The molecular weight excluding hydrogens is 251 g/mol. The number of halogens is 2. The highest BCUT2D eigenvalue weighted by Crippen LogP contribution is 2.32. The Kier molecular flexibility index (Phi) is 4.19. The summed E-state index contributed by atoms with van der Waals surface area (Å²) in [6.07, 6.45) is -0.101. The van der Waals surface area contributed by atoms with Gasteiger partial charge in [0.05, 0.1) is 12.0 Å². The molecule has 1 atom stereocenters. The monoisotopic (exact) mass is 262 g/mol. The number of aliphatic hydroxyl groups is 1. The first-order valence-corrected chi connectivity index (χ1v) is 5.54. The van der Waals surface area contributed by atoms with Crippen LogP contribution in [-0.2, 0) is 10.4 Å². The molecule has 1 unspecified atom stereocenters. The average molecular weight is 263 g/mol. The van der Waals surface area contributed by atoms with Gasteiger partial charge >= 0.3 is 5.97 Å². The van der Waals surface area contributed by atoms with Crippen molar-refractivity contribution in [2.45, 2.75) is 25.4 Å². The topological polar surface area (TPSA) is 57.5 Å². The minimum atomic E-state index is -1.43. The Labute approximate surface area is 104 Å². The van der Waals surface area contributed by atoms with Gasteiger partial charge in [0, 0.05) is 10.0 Å². The van der Waals surface area contributed by atoms with E-state index in [0.717, 1.165) is 0 Å². The minimum Gasteiger partial charge on any atom is -0.481 e. The Balaban J connectivity index is 3.16. The molecule has 0 amide bonds. The van der Waals surface area contributed by atoms with E-state index < -0.39 is 11.6 Å². The van der Waals surface area contributed by atoms with Crippen molar-refractivity contribution in [2.75, 3.05) is 0 Å². The van der Waals surface area contributed by atoms with Gasteiger partial charge in [0.2, 0.25) is 0 Å². The first-order valence-electron chi connectivity index (χ1n) is 4.78. The predicted molar refractivity (Wildman–Crippen MR) is 62.9 cm³/mol. The van der Waals surface area contributed by atoms with Gasteiger partial charge in [0.25, 0.3) is 0 Å². The van der Waals surface area contributed by atoms with Gasteiger partial charge in [-0.3, -0.25) is 4.79 Å². The number of benzene rings is 1. The highest BCUT2D eigenvalue weighted by molar-refractivity contribution is 6.34. The molecule has 88 valence electrons. The van der Waals surface area contributed by atoms with E-state index in [2.05, 4.69) is 0 Å². The predicted octanol–water partition coefficient (Wildman–Crippen LogP) is 3.07. The lowest BCUT2D eigenvalue weighted by atomic mass is 9.88. The zero-order chi connectivity index (χ0) is 12.3. The second-order valence-electron chi connectivity index (χ2n) is 3.61. The summed E-state index contributed by atoms with van der Waals surface area (Å²) in [6, 6.07) is 4.59. The maximum Gasteiger partial charge on any atom is 0.306 e. The van der Waals surface area contributed by atoms with Crippen molar-refractivity contribution in [3.05, 3.63) is 33.8 Å². The van der Waals surface area contributed by atoms with E-state index in [1.54, 1.807) is 6.92 Å². The third kappa shape index (κ3) is 3.11. The van der Waals surface area contributed by atoms with Gasteiger partial charge in [-0.25, -0.2) is 0 Å². The third-order valence-electron chi connectivity index (χ3n) is 2.43. The lowest BCUT2D eigenvalue weighted by Gasteiger charge is -2.25. The zero-order valence-electron chi connectivity index (χ0n) is 8.70. The Morgan fingerprint density at radius 2 is 1.81 bits per heavy atom. The van der Waals surface area contributed by atoms with E-state index in [1.807, 2.05) is 0 Å². The van der Waals surface area contributed by atoms with Crippen LogP contribution in [0.4, 0.5) is 0 Å². The number of aliphatic carboxylic acids is 1. The van der Waals surface area contributed by atoms with Crippen LogP contribution in [0.1, 0.15) is 25.3 Å². The lowest BCUT2D eigenvalue weighted by Crippen LogP contribution is -2.28. The maximum atomic E-state index is 10.7. The van der Waals surface area contributed by atoms with Gasteiger partial charge in [0.1, 0.15) is 0 Å². The number of rotatable bonds is 4. The largest absolute Gasteiger partial charge is 0.481 e. The van der Waals surface area contributed by atoms with Crippen molar-refractivity contribution in [1.82, 2.24) is 0 Å². The highest BCUT2D eigenvalue weighted by atomic mass is 35.5. The van der Waals surface area contributed by atoms with Crippen LogP contribution in [0, 0.1) is 0 Å². The van der Waals surface area contributed by atoms with Crippen molar-refractivity contribution in [1.29, 1.82) is 0 Å². The van der Waals surface area contributed by atoms with E-state index >= 15 is 0 Å². The molecule has 0 heterocycles. The summed E-state index contributed by atoms with van der Waals surface area (Å²) in [6.45, 7) is 1.71. The summed E-state index contributed by atoms with van der Waals surface area (Å²) in [5.41, 5.74) is -1.00. The Hall–Kier alpha value is -0.770. The second-order valence-corrected chi connectivity index (χ2v) is 4.49. The molecule has 0 saturated carbocycles. The summed E-state index contributed by atoms with van der Waals surface area (Å²) in [5, 5.41) is 19.7. The Bertz CT molecular complexity index is 386. The van der Waals surface area contributed by atoms with E-state index in [4.69, 9.17) is 28.3 Å². The lowest BCUT2D eigenvalue weighted by molar-refractivity contribution is -0.143. The van der Waals surface area contributed by atoms with E-state index in [0.29, 0.717) is 15.6 Å². The molecule has 0 spiro atoms. The molecule has 0 aliphatic heterocycles. The number of carbonyl (C=O) groups is 1. The first kappa shape index (κ1) is 13.3. The first-order chi connectivity index (χ1) is 7.37. The number of hydrogen-bond acceptors (Lipinski definition) is 2. The van der Waals surface area contributed by atoms with Gasteiger partial charge in [-0.1, -0.05) is 30.1 Å². The van der Waals surface area contributed by atoms with Crippen molar-refractivity contribution < 1.29 is 15.0 Å². The smallest absolute Gasteiger partial charge is 0.306 e. The fourth-order valence-corrected chi connectivity index (χ4v) is 2.03. The van der Waals surface area contributed by atoms with E-state index in [-0.39, 0.29) is 12.8 Å². The summed E-state index contributed by atoms with van der Waals surface area (Å²) in [4.78, 5) is 10.7. The summed E-state index contributed by atoms with van der Waals surface area (Å²) >= 11 is 11.6. The zero-order valence-corrected chi connectivity index (χ0v) is 10.2. The van der Waals surface area contributed by atoms with Crippen molar-refractivity contribution in [2.24, 2.45) is 0 Å². The van der Waals surface area contributed by atoms with Gasteiger partial charge < -0.3 is 10.2 Å². The fraction of sp³-hybridized carbons (Fsp3) is 0.364. The summed E-state index contributed by atoms with van der Waals surface area (Å²) in [5.74, 6) is -1.07. The molecule has 5 heteroatoms. The molecule has 0 saturated heterocycles. The number of carboxylic acid groups (broad SMARTS) is 1. The van der Waals surface area contributed by atoms with Crippen LogP contribution in [0.5, 0.6) is 0 Å². The van der Waals surface area contributed by atoms with Crippen LogP contribution in [0.15, 0.2) is 18.2 Å².